The first-order valence-corrected chi connectivity index (χ1v) is 10.9. The second-order valence-electron chi connectivity index (χ2n) is 6.93. The first-order chi connectivity index (χ1) is 13.3. The number of hydrogen-bond acceptors (Lipinski definition) is 5. The molecule has 2 aliphatic heterocycles. The number of carbonyl (C=O) groups excluding carboxylic acids is 2. The molecule has 0 saturated heterocycles. The van der Waals surface area contributed by atoms with Crippen LogP contribution in [0.1, 0.15) is 21.5 Å². The zero-order valence-electron chi connectivity index (χ0n) is 15.4. The van der Waals surface area contributed by atoms with Crippen LogP contribution in [-0.2, 0) is 32.4 Å². The highest BCUT2D eigenvalue weighted by Crippen LogP contribution is 2.31. The Hall–Kier alpha value is -2.87. The van der Waals surface area contributed by atoms with Gasteiger partial charge in [-0.1, -0.05) is 18.2 Å². The third-order valence-electron chi connectivity index (χ3n) is 5.08. The molecule has 146 valence electrons. The maximum Gasteiger partial charge on any atom is 0.338 e. The van der Waals surface area contributed by atoms with Gasteiger partial charge in [-0.2, -0.15) is 0 Å². The van der Waals surface area contributed by atoms with E-state index in [1.54, 1.807) is 17.0 Å². The minimum Gasteiger partial charge on any atom is -0.452 e. The Morgan fingerprint density at radius 3 is 2.54 bits per heavy atom. The lowest BCUT2D eigenvalue weighted by molar-refractivity contribution is -0.121. The highest BCUT2D eigenvalue weighted by molar-refractivity contribution is 7.92. The molecule has 0 saturated carbocycles. The van der Waals surface area contributed by atoms with E-state index in [2.05, 4.69) is 0 Å². The maximum absolute atomic E-state index is 12.5. The minimum atomic E-state index is -3.34. The predicted octanol–water partition coefficient (Wildman–Crippen LogP) is 1.75. The average molecular weight is 400 g/mol. The van der Waals surface area contributed by atoms with E-state index in [1.165, 1.54) is 10.4 Å². The molecule has 0 spiro atoms. The maximum atomic E-state index is 12.5. The van der Waals surface area contributed by atoms with Crippen LogP contribution in [-0.4, -0.2) is 46.2 Å². The van der Waals surface area contributed by atoms with Gasteiger partial charge in [-0.25, -0.2) is 13.2 Å². The van der Waals surface area contributed by atoms with Crippen molar-refractivity contribution >= 4 is 33.3 Å². The van der Waals surface area contributed by atoms with Crippen LogP contribution in [0.3, 0.4) is 0 Å². The number of ether oxygens (including phenoxy) is 1. The molecule has 0 radical (unpaired) electrons. The smallest absolute Gasteiger partial charge is 0.338 e. The van der Waals surface area contributed by atoms with Crippen molar-refractivity contribution in [2.45, 2.75) is 12.8 Å². The minimum absolute atomic E-state index is 0.261. The van der Waals surface area contributed by atoms with Crippen LogP contribution >= 0.6 is 0 Å². The largest absolute Gasteiger partial charge is 0.452 e. The number of carbonyl (C=O) groups is 2. The molecule has 2 heterocycles. The normalized spacial score (nSPS) is 15.3. The van der Waals surface area contributed by atoms with E-state index in [9.17, 15) is 18.0 Å². The summed E-state index contributed by atoms with van der Waals surface area (Å²) < 4.78 is 30.1. The predicted molar refractivity (Wildman–Crippen MR) is 105 cm³/mol. The SMILES string of the molecule is CS(=O)(=O)N1CCc2cc(C(=O)OCC(=O)N3CCc4ccccc43)ccc21. The van der Waals surface area contributed by atoms with Crippen molar-refractivity contribution in [3.8, 4) is 0 Å². The Bertz CT molecular complexity index is 1060. The molecule has 2 aromatic carbocycles. The summed E-state index contributed by atoms with van der Waals surface area (Å²) in [5, 5.41) is 0. The van der Waals surface area contributed by atoms with Gasteiger partial charge in [0.1, 0.15) is 0 Å². The number of amides is 1. The molecular weight excluding hydrogens is 380 g/mol. The highest BCUT2D eigenvalue weighted by atomic mass is 32.2. The summed E-state index contributed by atoms with van der Waals surface area (Å²) in [6.07, 6.45) is 2.48. The number of nitrogens with zero attached hydrogens (tertiary/aromatic N) is 2. The molecule has 2 aromatic rings. The van der Waals surface area contributed by atoms with E-state index in [1.807, 2.05) is 24.3 Å². The summed E-state index contributed by atoms with van der Waals surface area (Å²) in [4.78, 5) is 26.5. The molecule has 0 fully saturated rings. The first kappa shape index (κ1) is 18.5. The molecule has 4 rings (SSSR count). The second-order valence-corrected chi connectivity index (χ2v) is 8.84. The number of benzene rings is 2. The van der Waals surface area contributed by atoms with Crippen LogP contribution in [0.4, 0.5) is 11.4 Å². The first-order valence-electron chi connectivity index (χ1n) is 9.00. The van der Waals surface area contributed by atoms with E-state index in [4.69, 9.17) is 4.74 Å². The van der Waals surface area contributed by atoms with Crippen LogP contribution in [0.25, 0.3) is 0 Å². The third kappa shape index (κ3) is 3.35. The topological polar surface area (TPSA) is 84.0 Å². The van der Waals surface area contributed by atoms with Crippen molar-refractivity contribution < 1.29 is 22.7 Å². The zero-order chi connectivity index (χ0) is 19.9. The van der Waals surface area contributed by atoms with Gasteiger partial charge in [-0.3, -0.25) is 9.10 Å². The molecule has 0 atom stereocenters. The van der Waals surface area contributed by atoms with Crippen LogP contribution in [0.2, 0.25) is 0 Å². The quantitative estimate of drug-likeness (QED) is 0.730. The number of hydrogen-bond donors (Lipinski definition) is 0. The van der Waals surface area contributed by atoms with Crippen molar-refractivity contribution in [2.75, 3.05) is 35.2 Å². The molecule has 28 heavy (non-hydrogen) atoms. The Balaban J connectivity index is 1.42. The Labute approximate surface area is 163 Å². The van der Waals surface area contributed by atoms with E-state index in [0.29, 0.717) is 30.8 Å². The highest BCUT2D eigenvalue weighted by Gasteiger charge is 2.28. The van der Waals surface area contributed by atoms with Crippen LogP contribution in [0.15, 0.2) is 42.5 Å². The van der Waals surface area contributed by atoms with E-state index in [-0.39, 0.29) is 12.5 Å². The van der Waals surface area contributed by atoms with Crippen molar-refractivity contribution in [1.29, 1.82) is 0 Å². The van der Waals surface area contributed by atoms with Crippen molar-refractivity contribution in [1.82, 2.24) is 0 Å². The molecule has 1 amide bonds. The Kier molecular flexibility index (Phi) is 4.58. The lowest BCUT2D eigenvalue weighted by Crippen LogP contribution is -2.33. The number of para-hydroxylation sites is 1. The lowest BCUT2D eigenvalue weighted by atomic mass is 10.1. The van der Waals surface area contributed by atoms with Gasteiger partial charge in [0.15, 0.2) is 6.61 Å². The molecule has 0 unspecified atom stereocenters. The van der Waals surface area contributed by atoms with Crippen molar-refractivity contribution in [3.63, 3.8) is 0 Å². The molecule has 8 heteroatoms. The van der Waals surface area contributed by atoms with Gasteiger partial charge in [0, 0.05) is 18.8 Å². The van der Waals surface area contributed by atoms with Crippen LogP contribution < -0.4 is 9.21 Å². The van der Waals surface area contributed by atoms with E-state index in [0.717, 1.165) is 29.5 Å². The summed E-state index contributed by atoms with van der Waals surface area (Å²) >= 11 is 0. The molecule has 0 aromatic heterocycles. The number of rotatable bonds is 4. The summed E-state index contributed by atoms with van der Waals surface area (Å²) in [5.74, 6) is -0.857. The fourth-order valence-corrected chi connectivity index (χ4v) is 4.69. The molecule has 7 nitrogen and oxygen atoms in total. The lowest BCUT2D eigenvalue weighted by Gasteiger charge is -2.17. The number of esters is 1. The van der Waals surface area contributed by atoms with Gasteiger partial charge >= 0.3 is 5.97 Å². The van der Waals surface area contributed by atoms with E-state index >= 15 is 0 Å². The van der Waals surface area contributed by atoms with Crippen molar-refractivity contribution in [3.05, 3.63) is 59.2 Å². The summed E-state index contributed by atoms with van der Waals surface area (Å²) in [6, 6.07) is 12.5. The summed E-state index contributed by atoms with van der Waals surface area (Å²) in [7, 11) is -3.34. The van der Waals surface area contributed by atoms with Gasteiger partial charge in [-0.05, 0) is 48.2 Å². The van der Waals surface area contributed by atoms with Crippen molar-refractivity contribution in [2.24, 2.45) is 0 Å². The van der Waals surface area contributed by atoms with Gasteiger partial charge in [0.25, 0.3) is 5.91 Å². The fourth-order valence-electron chi connectivity index (χ4n) is 3.73. The molecule has 0 bridgehead atoms. The third-order valence-corrected chi connectivity index (χ3v) is 6.26. The standard InChI is InChI=1S/C20H20N2O5S/c1-28(25,26)22-11-9-15-12-16(6-7-18(15)22)20(24)27-13-19(23)21-10-8-14-4-2-3-5-17(14)21/h2-7,12H,8-11,13H2,1H3. The fraction of sp³-hybridized carbons (Fsp3) is 0.300. The Morgan fingerprint density at radius 1 is 1.00 bits per heavy atom. The monoisotopic (exact) mass is 400 g/mol. The summed E-state index contributed by atoms with van der Waals surface area (Å²) in [5.41, 5.74) is 3.64. The van der Waals surface area contributed by atoms with Crippen LogP contribution in [0, 0.1) is 0 Å². The van der Waals surface area contributed by atoms with Gasteiger partial charge in [0.2, 0.25) is 10.0 Å². The van der Waals surface area contributed by atoms with Gasteiger partial charge < -0.3 is 9.64 Å². The van der Waals surface area contributed by atoms with E-state index < -0.39 is 16.0 Å². The average Bonchev–Trinajstić information content (AvgIpc) is 3.29. The molecule has 0 aliphatic carbocycles. The second kappa shape index (κ2) is 6.94. The molecule has 2 aliphatic rings. The summed E-state index contributed by atoms with van der Waals surface area (Å²) in [6.45, 7) is 0.606. The number of fused-ring (bicyclic) bond motifs is 2. The Morgan fingerprint density at radius 2 is 1.75 bits per heavy atom. The van der Waals surface area contributed by atoms with Crippen LogP contribution in [0.5, 0.6) is 0 Å². The molecular formula is C20H20N2O5S. The number of sulfonamides is 1. The van der Waals surface area contributed by atoms with Gasteiger partial charge in [-0.15, -0.1) is 0 Å². The number of anilines is 2. The van der Waals surface area contributed by atoms with Gasteiger partial charge in [0.05, 0.1) is 17.5 Å². The zero-order valence-corrected chi connectivity index (χ0v) is 16.2. The molecule has 0 N–H and O–H groups in total.